The molecule has 0 aliphatic carbocycles. The van der Waals surface area contributed by atoms with Crippen LogP contribution in [0.25, 0.3) is 0 Å². The monoisotopic (exact) mass is 223 g/mol. The smallest absolute Gasteiger partial charge is 0.165 e. The second-order valence-corrected chi connectivity index (χ2v) is 3.87. The van der Waals surface area contributed by atoms with Gasteiger partial charge in [-0.3, -0.25) is 0 Å². The summed E-state index contributed by atoms with van der Waals surface area (Å²) in [5.74, 6) is -0.127. The molecule has 0 aliphatic rings. The zero-order chi connectivity index (χ0) is 12.1. The van der Waals surface area contributed by atoms with Crippen molar-refractivity contribution in [1.29, 1.82) is 0 Å². The first kappa shape index (κ1) is 12.7. The third-order valence-electron chi connectivity index (χ3n) is 2.41. The van der Waals surface area contributed by atoms with Crippen LogP contribution >= 0.6 is 0 Å². The summed E-state index contributed by atoms with van der Waals surface area (Å²) < 4.78 is 18.9. The van der Waals surface area contributed by atoms with E-state index in [4.69, 9.17) is 10.5 Å². The lowest BCUT2D eigenvalue weighted by Gasteiger charge is -2.10. The zero-order valence-electron chi connectivity index (χ0n) is 9.79. The van der Waals surface area contributed by atoms with Crippen LogP contribution in [0.4, 0.5) is 4.39 Å². The predicted octanol–water partition coefficient (Wildman–Crippen LogP) is 3.19. The minimum absolute atomic E-state index is 0.172. The fourth-order valence-electron chi connectivity index (χ4n) is 1.20. The molecule has 0 fully saturated rings. The van der Waals surface area contributed by atoms with Crippen molar-refractivity contribution in [2.75, 3.05) is 6.61 Å². The average Bonchev–Trinajstić information content (AvgIpc) is 2.26. The molecule has 1 aromatic rings. The van der Waals surface area contributed by atoms with Gasteiger partial charge in [0.15, 0.2) is 11.6 Å². The molecule has 0 amide bonds. The van der Waals surface area contributed by atoms with Crippen molar-refractivity contribution >= 4 is 0 Å². The van der Waals surface area contributed by atoms with Crippen molar-refractivity contribution in [1.82, 2.24) is 0 Å². The Hall–Kier alpha value is -1.35. The van der Waals surface area contributed by atoms with Gasteiger partial charge in [0.1, 0.15) is 6.61 Å². The minimum Gasteiger partial charge on any atom is -0.486 e. The van der Waals surface area contributed by atoms with Crippen molar-refractivity contribution in [2.45, 2.75) is 26.3 Å². The van der Waals surface area contributed by atoms with Gasteiger partial charge in [-0.25, -0.2) is 4.39 Å². The third-order valence-corrected chi connectivity index (χ3v) is 2.41. The molecule has 0 saturated carbocycles. The standard InChI is InChI=1S/C13H18FNO/c1-4-9(2)8-16-13-6-5-11(10(3)15)7-12(13)14/h5-7,10H,2,4,8,15H2,1,3H3/t10-/m0/s1. The van der Waals surface area contributed by atoms with Gasteiger partial charge in [-0.05, 0) is 36.6 Å². The van der Waals surface area contributed by atoms with Gasteiger partial charge in [-0.15, -0.1) is 0 Å². The van der Waals surface area contributed by atoms with Gasteiger partial charge in [0.25, 0.3) is 0 Å². The molecule has 16 heavy (non-hydrogen) atoms. The number of nitrogens with two attached hydrogens (primary N) is 1. The summed E-state index contributed by atoms with van der Waals surface area (Å²) in [7, 11) is 0. The van der Waals surface area contributed by atoms with Crippen molar-refractivity contribution < 1.29 is 9.13 Å². The Labute approximate surface area is 95.9 Å². The number of hydrogen-bond donors (Lipinski definition) is 1. The number of rotatable bonds is 5. The summed E-state index contributed by atoms with van der Waals surface area (Å²) in [6.45, 7) is 7.95. The number of halogens is 1. The van der Waals surface area contributed by atoms with E-state index in [0.29, 0.717) is 6.61 Å². The molecule has 1 aromatic carbocycles. The Morgan fingerprint density at radius 1 is 1.56 bits per heavy atom. The van der Waals surface area contributed by atoms with Crippen LogP contribution in [-0.2, 0) is 0 Å². The second kappa shape index (κ2) is 5.66. The Kier molecular flexibility index (Phi) is 4.50. The molecule has 2 N–H and O–H groups in total. The maximum absolute atomic E-state index is 13.6. The summed E-state index contributed by atoms with van der Waals surface area (Å²) in [6.07, 6.45) is 0.833. The van der Waals surface area contributed by atoms with Crippen LogP contribution in [0.5, 0.6) is 5.75 Å². The second-order valence-electron chi connectivity index (χ2n) is 3.87. The van der Waals surface area contributed by atoms with Gasteiger partial charge >= 0.3 is 0 Å². The molecule has 0 radical (unpaired) electrons. The lowest BCUT2D eigenvalue weighted by Crippen LogP contribution is -2.06. The topological polar surface area (TPSA) is 35.2 Å². The summed E-state index contributed by atoms with van der Waals surface area (Å²) in [6, 6.07) is 4.62. The van der Waals surface area contributed by atoms with Crippen LogP contribution in [0.3, 0.4) is 0 Å². The fourth-order valence-corrected chi connectivity index (χ4v) is 1.20. The molecule has 3 heteroatoms. The number of hydrogen-bond acceptors (Lipinski definition) is 2. The largest absolute Gasteiger partial charge is 0.486 e. The molecule has 0 aromatic heterocycles. The van der Waals surface area contributed by atoms with E-state index in [1.807, 2.05) is 13.8 Å². The predicted molar refractivity (Wildman–Crippen MR) is 63.9 cm³/mol. The molecule has 88 valence electrons. The van der Waals surface area contributed by atoms with Gasteiger partial charge in [0.05, 0.1) is 0 Å². The highest BCUT2D eigenvalue weighted by atomic mass is 19.1. The van der Waals surface area contributed by atoms with Crippen LogP contribution in [0.15, 0.2) is 30.4 Å². The first-order chi connectivity index (χ1) is 7.54. The molecular formula is C13H18FNO. The molecule has 1 atom stereocenters. The number of ether oxygens (including phenoxy) is 1. The first-order valence-electron chi connectivity index (χ1n) is 5.39. The third kappa shape index (κ3) is 3.35. The van der Waals surface area contributed by atoms with E-state index >= 15 is 0 Å². The van der Waals surface area contributed by atoms with E-state index in [1.165, 1.54) is 6.07 Å². The number of benzene rings is 1. The molecule has 0 unspecified atom stereocenters. The summed E-state index contributed by atoms with van der Waals surface area (Å²) in [5, 5.41) is 0. The Balaban J connectivity index is 2.72. The van der Waals surface area contributed by atoms with E-state index in [2.05, 4.69) is 6.58 Å². The minimum atomic E-state index is -0.376. The summed E-state index contributed by atoms with van der Waals surface area (Å²) >= 11 is 0. The summed E-state index contributed by atoms with van der Waals surface area (Å²) in [4.78, 5) is 0. The van der Waals surface area contributed by atoms with Crippen LogP contribution in [0.2, 0.25) is 0 Å². The average molecular weight is 223 g/mol. The highest BCUT2D eigenvalue weighted by molar-refractivity contribution is 5.31. The molecule has 2 nitrogen and oxygen atoms in total. The maximum atomic E-state index is 13.6. The van der Waals surface area contributed by atoms with E-state index in [0.717, 1.165) is 17.6 Å². The Morgan fingerprint density at radius 2 is 2.25 bits per heavy atom. The van der Waals surface area contributed by atoms with Gasteiger partial charge in [0.2, 0.25) is 0 Å². The molecule has 0 heterocycles. The molecule has 0 saturated heterocycles. The highest BCUT2D eigenvalue weighted by Crippen LogP contribution is 2.21. The van der Waals surface area contributed by atoms with Crippen LogP contribution in [-0.4, -0.2) is 6.61 Å². The van der Waals surface area contributed by atoms with Crippen LogP contribution < -0.4 is 10.5 Å². The van der Waals surface area contributed by atoms with Crippen LogP contribution in [0, 0.1) is 5.82 Å². The Bertz CT molecular complexity index is 374. The van der Waals surface area contributed by atoms with Gasteiger partial charge in [0, 0.05) is 6.04 Å². The van der Waals surface area contributed by atoms with E-state index < -0.39 is 0 Å². The van der Waals surface area contributed by atoms with E-state index in [1.54, 1.807) is 12.1 Å². The maximum Gasteiger partial charge on any atom is 0.165 e. The normalized spacial score (nSPS) is 12.2. The van der Waals surface area contributed by atoms with Crippen molar-refractivity contribution in [3.05, 3.63) is 41.7 Å². The SMILES string of the molecule is C=C(CC)COc1ccc([C@H](C)N)cc1F. The quantitative estimate of drug-likeness (QED) is 0.778. The van der Waals surface area contributed by atoms with Crippen molar-refractivity contribution in [3.63, 3.8) is 0 Å². The summed E-state index contributed by atoms with van der Waals surface area (Å²) in [5.41, 5.74) is 7.36. The lowest BCUT2D eigenvalue weighted by atomic mass is 10.1. The van der Waals surface area contributed by atoms with E-state index in [-0.39, 0.29) is 17.6 Å². The molecular weight excluding hydrogens is 205 g/mol. The van der Waals surface area contributed by atoms with Gasteiger partial charge in [-0.1, -0.05) is 19.6 Å². The molecule has 0 spiro atoms. The molecule has 0 bridgehead atoms. The first-order valence-corrected chi connectivity index (χ1v) is 5.39. The lowest BCUT2D eigenvalue weighted by molar-refractivity contribution is 0.329. The molecule has 0 aliphatic heterocycles. The van der Waals surface area contributed by atoms with Crippen molar-refractivity contribution in [2.24, 2.45) is 5.73 Å². The zero-order valence-corrected chi connectivity index (χ0v) is 9.79. The van der Waals surface area contributed by atoms with E-state index in [9.17, 15) is 4.39 Å². The Morgan fingerprint density at radius 3 is 2.75 bits per heavy atom. The highest BCUT2D eigenvalue weighted by Gasteiger charge is 2.07. The fraction of sp³-hybridized carbons (Fsp3) is 0.385. The van der Waals surface area contributed by atoms with Crippen molar-refractivity contribution in [3.8, 4) is 5.75 Å². The molecule has 1 rings (SSSR count). The van der Waals surface area contributed by atoms with Crippen LogP contribution in [0.1, 0.15) is 31.9 Å². The van der Waals surface area contributed by atoms with Gasteiger partial charge in [-0.2, -0.15) is 0 Å². The van der Waals surface area contributed by atoms with Gasteiger partial charge < -0.3 is 10.5 Å².